The van der Waals surface area contributed by atoms with E-state index in [1.54, 1.807) is 35.7 Å². The van der Waals surface area contributed by atoms with Crippen molar-refractivity contribution in [3.05, 3.63) is 47.3 Å². The van der Waals surface area contributed by atoms with Gasteiger partial charge in [0.25, 0.3) is 15.9 Å². The smallest absolute Gasteiger partial charge is 0.255 e. The molecule has 3 rings (SSSR count). The molecule has 2 heterocycles. The zero-order valence-electron chi connectivity index (χ0n) is 13.8. The van der Waals surface area contributed by atoms with Crippen LogP contribution in [0.1, 0.15) is 23.2 Å². The maximum Gasteiger partial charge on any atom is 0.255 e. The second kappa shape index (κ2) is 7.55. The van der Waals surface area contributed by atoms with Gasteiger partial charge in [-0.2, -0.15) is 4.31 Å². The van der Waals surface area contributed by atoms with Gasteiger partial charge in [-0.15, -0.1) is 11.3 Å². The van der Waals surface area contributed by atoms with E-state index in [0.29, 0.717) is 41.5 Å². The predicted octanol–water partition coefficient (Wildman–Crippen LogP) is 2.34. The van der Waals surface area contributed by atoms with Crippen LogP contribution in [-0.4, -0.2) is 44.9 Å². The first kappa shape index (κ1) is 17.9. The minimum Gasteiger partial charge on any atom is -0.496 e. The standard InChI is InChI=1S/C17H20N2O4S2/c1-23-15-6-3-2-5-14(15)17(20)18-13-8-10-19(11-9-13)25(21,22)16-7-4-12-24-16/h2-7,12-13H,8-11H2,1H3,(H,18,20). The number of hydrogen-bond acceptors (Lipinski definition) is 5. The summed E-state index contributed by atoms with van der Waals surface area (Å²) in [7, 11) is -1.89. The second-order valence-corrected chi connectivity index (χ2v) is 8.90. The fraction of sp³-hybridized carbons (Fsp3) is 0.353. The Morgan fingerprint density at radius 2 is 1.92 bits per heavy atom. The number of sulfonamides is 1. The molecule has 1 amide bonds. The van der Waals surface area contributed by atoms with Crippen molar-refractivity contribution in [1.82, 2.24) is 9.62 Å². The van der Waals surface area contributed by atoms with Crippen LogP contribution in [0.25, 0.3) is 0 Å². The number of carbonyl (C=O) groups excluding carboxylic acids is 1. The number of piperidine rings is 1. The van der Waals surface area contributed by atoms with Gasteiger partial charge in [0.15, 0.2) is 0 Å². The van der Waals surface area contributed by atoms with Crippen molar-refractivity contribution in [2.24, 2.45) is 0 Å². The van der Waals surface area contributed by atoms with Gasteiger partial charge in [-0.05, 0) is 36.4 Å². The molecule has 1 aliphatic rings. The third-order valence-electron chi connectivity index (χ3n) is 4.23. The molecule has 1 aromatic heterocycles. The summed E-state index contributed by atoms with van der Waals surface area (Å²) < 4.78 is 32.1. The van der Waals surface area contributed by atoms with Crippen LogP contribution >= 0.6 is 11.3 Å². The van der Waals surface area contributed by atoms with E-state index in [1.165, 1.54) is 22.8 Å². The van der Waals surface area contributed by atoms with Crippen LogP contribution in [0.15, 0.2) is 46.0 Å². The highest BCUT2D eigenvalue weighted by atomic mass is 32.2. The van der Waals surface area contributed by atoms with E-state index in [9.17, 15) is 13.2 Å². The lowest BCUT2D eigenvalue weighted by molar-refractivity contribution is 0.0921. The van der Waals surface area contributed by atoms with Gasteiger partial charge in [-0.3, -0.25) is 4.79 Å². The monoisotopic (exact) mass is 380 g/mol. The molecule has 0 unspecified atom stereocenters. The van der Waals surface area contributed by atoms with E-state index in [2.05, 4.69) is 5.32 Å². The first-order chi connectivity index (χ1) is 12.0. The Balaban J connectivity index is 1.60. The molecular weight excluding hydrogens is 360 g/mol. The molecule has 1 saturated heterocycles. The number of methoxy groups -OCH3 is 1. The van der Waals surface area contributed by atoms with Crippen LogP contribution in [0, 0.1) is 0 Å². The Labute approximate surface area is 151 Å². The SMILES string of the molecule is COc1ccccc1C(=O)NC1CCN(S(=O)(=O)c2cccs2)CC1. The van der Waals surface area contributed by atoms with Crippen LogP contribution in [0.5, 0.6) is 5.75 Å². The van der Waals surface area contributed by atoms with Crippen molar-refractivity contribution in [2.45, 2.75) is 23.1 Å². The van der Waals surface area contributed by atoms with E-state index in [1.807, 2.05) is 6.07 Å². The van der Waals surface area contributed by atoms with Crippen molar-refractivity contribution in [3.63, 3.8) is 0 Å². The zero-order valence-corrected chi connectivity index (χ0v) is 15.5. The van der Waals surface area contributed by atoms with Crippen molar-refractivity contribution in [3.8, 4) is 5.75 Å². The van der Waals surface area contributed by atoms with E-state index >= 15 is 0 Å². The Hall–Kier alpha value is -1.90. The normalized spacial score (nSPS) is 16.5. The van der Waals surface area contributed by atoms with E-state index in [4.69, 9.17) is 4.74 Å². The molecule has 0 spiro atoms. The number of ether oxygens (including phenoxy) is 1. The number of thiophene rings is 1. The van der Waals surface area contributed by atoms with Crippen molar-refractivity contribution >= 4 is 27.3 Å². The van der Waals surface area contributed by atoms with Crippen LogP contribution in [-0.2, 0) is 10.0 Å². The Bertz CT molecular complexity index is 826. The van der Waals surface area contributed by atoms with Crippen molar-refractivity contribution < 1.29 is 17.9 Å². The molecule has 6 nitrogen and oxygen atoms in total. The van der Waals surface area contributed by atoms with Crippen LogP contribution < -0.4 is 10.1 Å². The number of para-hydroxylation sites is 1. The number of nitrogens with one attached hydrogen (secondary N) is 1. The van der Waals surface area contributed by atoms with Gasteiger partial charge < -0.3 is 10.1 Å². The molecule has 1 aliphatic heterocycles. The maximum atomic E-state index is 12.5. The fourth-order valence-corrected chi connectivity index (χ4v) is 5.49. The zero-order chi connectivity index (χ0) is 17.9. The number of amides is 1. The molecule has 1 N–H and O–H groups in total. The fourth-order valence-electron chi connectivity index (χ4n) is 2.87. The molecule has 0 aliphatic carbocycles. The molecule has 0 radical (unpaired) electrons. The Morgan fingerprint density at radius 3 is 2.56 bits per heavy atom. The highest BCUT2D eigenvalue weighted by Crippen LogP contribution is 2.24. The number of rotatable bonds is 5. The topological polar surface area (TPSA) is 75.7 Å². The summed E-state index contributed by atoms with van der Waals surface area (Å²) in [6.07, 6.45) is 1.18. The molecule has 0 saturated carbocycles. The average Bonchev–Trinajstić information content (AvgIpc) is 3.17. The van der Waals surface area contributed by atoms with Crippen LogP contribution in [0.2, 0.25) is 0 Å². The third-order valence-corrected chi connectivity index (χ3v) is 7.50. The number of hydrogen-bond donors (Lipinski definition) is 1. The summed E-state index contributed by atoms with van der Waals surface area (Å²) in [6.45, 7) is 0.800. The largest absolute Gasteiger partial charge is 0.496 e. The minimum absolute atomic E-state index is 0.0489. The summed E-state index contributed by atoms with van der Waals surface area (Å²) in [5, 5.41) is 4.74. The molecule has 1 aromatic carbocycles. The van der Waals surface area contributed by atoms with E-state index < -0.39 is 10.0 Å². The molecular formula is C17H20N2O4S2. The summed E-state index contributed by atoms with van der Waals surface area (Å²) in [5.41, 5.74) is 0.485. The summed E-state index contributed by atoms with van der Waals surface area (Å²) in [4.78, 5) is 12.4. The number of nitrogens with zero attached hydrogens (tertiary/aromatic N) is 1. The van der Waals surface area contributed by atoms with Gasteiger partial charge in [0.05, 0.1) is 12.7 Å². The predicted molar refractivity (Wildman–Crippen MR) is 96.6 cm³/mol. The van der Waals surface area contributed by atoms with Gasteiger partial charge in [-0.25, -0.2) is 8.42 Å². The van der Waals surface area contributed by atoms with E-state index in [0.717, 1.165) is 0 Å². The van der Waals surface area contributed by atoms with Gasteiger partial charge in [-0.1, -0.05) is 18.2 Å². The molecule has 2 aromatic rings. The molecule has 0 bridgehead atoms. The summed E-state index contributed by atoms with van der Waals surface area (Å²) in [5.74, 6) is 0.328. The highest BCUT2D eigenvalue weighted by Gasteiger charge is 2.30. The number of benzene rings is 1. The van der Waals surface area contributed by atoms with Crippen molar-refractivity contribution in [2.75, 3.05) is 20.2 Å². The maximum absolute atomic E-state index is 12.5. The molecule has 0 atom stereocenters. The third kappa shape index (κ3) is 3.86. The van der Waals surface area contributed by atoms with Gasteiger partial charge >= 0.3 is 0 Å². The summed E-state index contributed by atoms with van der Waals surface area (Å²) >= 11 is 1.22. The Morgan fingerprint density at radius 1 is 1.20 bits per heavy atom. The highest BCUT2D eigenvalue weighted by molar-refractivity contribution is 7.91. The quantitative estimate of drug-likeness (QED) is 0.864. The summed E-state index contributed by atoms with van der Waals surface area (Å²) in [6, 6.07) is 10.4. The van der Waals surface area contributed by atoms with E-state index in [-0.39, 0.29) is 11.9 Å². The van der Waals surface area contributed by atoms with Crippen LogP contribution in [0.3, 0.4) is 0 Å². The average molecular weight is 380 g/mol. The first-order valence-electron chi connectivity index (χ1n) is 8.00. The second-order valence-electron chi connectivity index (χ2n) is 5.78. The molecule has 8 heteroatoms. The van der Waals surface area contributed by atoms with Gasteiger partial charge in [0, 0.05) is 19.1 Å². The minimum atomic E-state index is -3.41. The van der Waals surface area contributed by atoms with Gasteiger partial charge in [0.2, 0.25) is 0 Å². The lowest BCUT2D eigenvalue weighted by atomic mass is 10.1. The molecule has 1 fully saturated rings. The first-order valence-corrected chi connectivity index (χ1v) is 10.3. The number of carbonyl (C=O) groups is 1. The Kier molecular flexibility index (Phi) is 5.41. The van der Waals surface area contributed by atoms with Crippen LogP contribution in [0.4, 0.5) is 0 Å². The molecule has 134 valence electrons. The molecule has 25 heavy (non-hydrogen) atoms. The van der Waals surface area contributed by atoms with Crippen molar-refractivity contribution in [1.29, 1.82) is 0 Å². The lowest BCUT2D eigenvalue weighted by Gasteiger charge is -2.31. The lowest BCUT2D eigenvalue weighted by Crippen LogP contribution is -2.46. The van der Waals surface area contributed by atoms with Gasteiger partial charge in [0.1, 0.15) is 9.96 Å².